The van der Waals surface area contributed by atoms with Gasteiger partial charge in [-0.25, -0.2) is 0 Å². The molecule has 0 saturated heterocycles. The summed E-state index contributed by atoms with van der Waals surface area (Å²) in [7, 11) is 0. The van der Waals surface area contributed by atoms with E-state index in [1.807, 2.05) is 6.92 Å². The maximum atomic E-state index is 11.6. The molecule has 18 heavy (non-hydrogen) atoms. The van der Waals surface area contributed by atoms with Crippen molar-refractivity contribution in [1.29, 1.82) is 0 Å². The highest BCUT2D eigenvalue weighted by Gasteiger charge is 2.09. The van der Waals surface area contributed by atoms with Gasteiger partial charge in [0, 0.05) is 24.6 Å². The molecule has 5 nitrogen and oxygen atoms in total. The molecule has 0 aliphatic heterocycles. The van der Waals surface area contributed by atoms with Gasteiger partial charge < -0.3 is 5.32 Å². The zero-order valence-electron chi connectivity index (χ0n) is 10.1. The third-order valence-corrected chi connectivity index (χ3v) is 2.34. The number of hydrogen-bond acceptors (Lipinski definition) is 3. The highest BCUT2D eigenvalue weighted by Crippen LogP contribution is 2.12. The molecule has 1 rings (SSSR count). The molecule has 0 bridgehead atoms. The number of carbonyl (C=O) groups is 1. The van der Waals surface area contributed by atoms with Crippen LogP contribution in [0.25, 0.3) is 0 Å². The van der Waals surface area contributed by atoms with E-state index in [-0.39, 0.29) is 24.1 Å². The van der Waals surface area contributed by atoms with Crippen LogP contribution in [-0.2, 0) is 11.2 Å². The number of terminal acetylenes is 1. The number of nitro groups is 1. The van der Waals surface area contributed by atoms with Gasteiger partial charge in [0.1, 0.15) is 0 Å². The van der Waals surface area contributed by atoms with Crippen LogP contribution in [0.15, 0.2) is 24.3 Å². The summed E-state index contributed by atoms with van der Waals surface area (Å²) in [6, 6.07) is 5.84. The van der Waals surface area contributed by atoms with Crippen molar-refractivity contribution in [3.8, 4) is 12.3 Å². The van der Waals surface area contributed by atoms with Crippen molar-refractivity contribution in [3.63, 3.8) is 0 Å². The first-order valence-electron chi connectivity index (χ1n) is 5.49. The molecular weight excluding hydrogens is 232 g/mol. The maximum Gasteiger partial charge on any atom is 0.269 e. The lowest BCUT2D eigenvalue weighted by Crippen LogP contribution is -2.33. The molecule has 0 aliphatic rings. The van der Waals surface area contributed by atoms with Crippen LogP contribution in [-0.4, -0.2) is 16.9 Å². The molecule has 1 amide bonds. The summed E-state index contributed by atoms with van der Waals surface area (Å²) in [6.07, 6.45) is 5.80. The van der Waals surface area contributed by atoms with E-state index >= 15 is 0 Å². The van der Waals surface area contributed by atoms with Crippen LogP contribution in [0.5, 0.6) is 0 Å². The molecule has 0 spiro atoms. The molecule has 0 saturated carbocycles. The van der Waals surface area contributed by atoms with Crippen LogP contribution in [0.3, 0.4) is 0 Å². The van der Waals surface area contributed by atoms with Gasteiger partial charge in [-0.2, -0.15) is 0 Å². The molecule has 0 aromatic heterocycles. The number of amides is 1. The molecule has 0 radical (unpaired) electrons. The summed E-state index contributed by atoms with van der Waals surface area (Å²) in [4.78, 5) is 21.6. The molecule has 1 atom stereocenters. The van der Waals surface area contributed by atoms with Gasteiger partial charge in [0.15, 0.2) is 0 Å². The molecule has 1 unspecified atom stereocenters. The van der Waals surface area contributed by atoms with Crippen LogP contribution >= 0.6 is 0 Å². The van der Waals surface area contributed by atoms with E-state index in [0.717, 1.165) is 5.56 Å². The van der Waals surface area contributed by atoms with Crippen LogP contribution in [0, 0.1) is 22.5 Å². The molecule has 1 N–H and O–H groups in total. The molecular formula is C13H14N2O3. The minimum absolute atomic E-state index is 0.0138. The van der Waals surface area contributed by atoms with E-state index in [2.05, 4.69) is 11.2 Å². The van der Waals surface area contributed by atoms with Crippen molar-refractivity contribution in [2.45, 2.75) is 25.8 Å². The molecule has 0 aliphatic carbocycles. The summed E-state index contributed by atoms with van der Waals surface area (Å²) >= 11 is 0. The Morgan fingerprint density at radius 2 is 2.11 bits per heavy atom. The second-order valence-corrected chi connectivity index (χ2v) is 3.98. The standard InChI is InChI=1S/C13H14N2O3/c1-3-4-10(2)14-13(16)9-11-5-7-12(8-6-11)15(17)18/h1,5-8,10H,4,9H2,2H3,(H,14,16). The number of non-ortho nitro benzene ring substituents is 1. The Labute approximate surface area is 105 Å². The van der Waals surface area contributed by atoms with Crippen molar-refractivity contribution in [2.24, 2.45) is 0 Å². The fourth-order valence-electron chi connectivity index (χ4n) is 1.47. The SMILES string of the molecule is C#CCC(C)NC(=O)Cc1ccc([N+](=O)[O-])cc1. The minimum Gasteiger partial charge on any atom is -0.352 e. The number of benzene rings is 1. The zero-order chi connectivity index (χ0) is 13.5. The zero-order valence-corrected chi connectivity index (χ0v) is 10.1. The van der Waals surface area contributed by atoms with Crippen LogP contribution in [0.1, 0.15) is 18.9 Å². The minimum atomic E-state index is -0.473. The topological polar surface area (TPSA) is 72.2 Å². The average molecular weight is 246 g/mol. The predicted octanol–water partition coefficient (Wildman–Crippen LogP) is 1.67. The van der Waals surface area contributed by atoms with Crippen LogP contribution in [0.2, 0.25) is 0 Å². The lowest BCUT2D eigenvalue weighted by Gasteiger charge is -2.10. The van der Waals surface area contributed by atoms with Gasteiger partial charge in [-0.3, -0.25) is 14.9 Å². The Balaban J connectivity index is 2.55. The van der Waals surface area contributed by atoms with Crippen molar-refractivity contribution < 1.29 is 9.72 Å². The second-order valence-electron chi connectivity index (χ2n) is 3.98. The van der Waals surface area contributed by atoms with Gasteiger partial charge in [0.2, 0.25) is 5.91 Å². The summed E-state index contributed by atoms with van der Waals surface area (Å²) < 4.78 is 0. The van der Waals surface area contributed by atoms with Crippen LogP contribution in [0.4, 0.5) is 5.69 Å². The molecule has 5 heteroatoms. The highest BCUT2D eigenvalue weighted by molar-refractivity contribution is 5.78. The fraction of sp³-hybridized carbons (Fsp3) is 0.308. The molecule has 1 aromatic rings. The molecule has 1 aromatic carbocycles. The Bertz CT molecular complexity index is 474. The van der Waals surface area contributed by atoms with Gasteiger partial charge in [-0.05, 0) is 12.5 Å². The Kier molecular flexibility index (Phi) is 4.88. The lowest BCUT2D eigenvalue weighted by atomic mass is 10.1. The number of nitro benzene ring substituents is 1. The second kappa shape index (κ2) is 6.40. The smallest absolute Gasteiger partial charge is 0.269 e. The quantitative estimate of drug-likeness (QED) is 0.488. The van der Waals surface area contributed by atoms with E-state index in [0.29, 0.717) is 6.42 Å². The first kappa shape index (κ1) is 13.7. The largest absolute Gasteiger partial charge is 0.352 e. The van der Waals surface area contributed by atoms with Crippen LogP contribution < -0.4 is 5.32 Å². The van der Waals surface area contributed by atoms with Gasteiger partial charge in [0.25, 0.3) is 5.69 Å². The van der Waals surface area contributed by atoms with E-state index in [1.165, 1.54) is 12.1 Å². The van der Waals surface area contributed by atoms with Crippen molar-refractivity contribution >= 4 is 11.6 Å². The summed E-state index contributed by atoms with van der Waals surface area (Å²) in [5, 5.41) is 13.2. The first-order chi connectivity index (χ1) is 8.52. The lowest BCUT2D eigenvalue weighted by molar-refractivity contribution is -0.384. The van der Waals surface area contributed by atoms with E-state index in [1.54, 1.807) is 12.1 Å². The van der Waals surface area contributed by atoms with Crippen molar-refractivity contribution in [1.82, 2.24) is 5.32 Å². The number of rotatable bonds is 5. The number of nitrogens with zero attached hydrogens (tertiary/aromatic N) is 1. The van der Waals surface area contributed by atoms with Gasteiger partial charge >= 0.3 is 0 Å². The fourth-order valence-corrected chi connectivity index (χ4v) is 1.47. The normalized spacial score (nSPS) is 11.3. The summed E-state index contributed by atoms with van der Waals surface area (Å²) in [5.74, 6) is 2.32. The first-order valence-corrected chi connectivity index (χ1v) is 5.49. The maximum absolute atomic E-state index is 11.6. The van der Waals surface area contributed by atoms with Crippen molar-refractivity contribution in [3.05, 3.63) is 39.9 Å². The van der Waals surface area contributed by atoms with Gasteiger partial charge in [-0.15, -0.1) is 12.3 Å². The number of nitrogens with one attached hydrogen (secondary N) is 1. The Morgan fingerprint density at radius 3 is 2.61 bits per heavy atom. The van der Waals surface area contributed by atoms with Crippen molar-refractivity contribution in [2.75, 3.05) is 0 Å². The van der Waals surface area contributed by atoms with Gasteiger partial charge in [0.05, 0.1) is 11.3 Å². The third kappa shape index (κ3) is 4.26. The summed E-state index contributed by atoms with van der Waals surface area (Å²) in [5.41, 5.74) is 0.742. The molecule has 0 fully saturated rings. The summed E-state index contributed by atoms with van der Waals surface area (Å²) in [6.45, 7) is 1.83. The molecule has 0 heterocycles. The van der Waals surface area contributed by atoms with E-state index < -0.39 is 4.92 Å². The van der Waals surface area contributed by atoms with E-state index in [4.69, 9.17) is 6.42 Å². The monoisotopic (exact) mass is 246 g/mol. The third-order valence-electron chi connectivity index (χ3n) is 2.34. The number of hydrogen-bond donors (Lipinski definition) is 1. The number of carbonyl (C=O) groups excluding carboxylic acids is 1. The average Bonchev–Trinajstić information content (AvgIpc) is 2.29. The predicted molar refractivity (Wildman–Crippen MR) is 67.9 cm³/mol. The Morgan fingerprint density at radius 1 is 1.50 bits per heavy atom. The van der Waals surface area contributed by atoms with E-state index in [9.17, 15) is 14.9 Å². The van der Waals surface area contributed by atoms with Gasteiger partial charge in [-0.1, -0.05) is 12.1 Å². The highest BCUT2D eigenvalue weighted by atomic mass is 16.6. The molecule has 94 valence electrons. The Hall–Kier alpha value is -2.35.